The molecule has 3 aromatic rings. The largest absolute Gasteiger partial charge is 0.280 e. The normalized spacial score (nSPS) is 10.8. The molecule has 0 aliphatic rings. The SMILES string of the molecule is Cc1c(C(=O)NNC(=O)c2cccc(S(=O)(=O)Nc3ccc(Cl)cc3)c2)cccc1[N+](=O)[O-]. The number of nitro groups is 1. The average molecular weight is 489 g/mol. The van der Waals surface area contributed by atoms with E-state index in [1.807, 2.05) is 0 Å². The Labute approximate surface area is 193 Å². The first-order chi connectivity index (χ1) is 15.6. The van der Waals surface area contributed by atoms with Gasteiger partial charge in [-0.05, 0) is 55.5 Å². The lowest BCUT2D eigenvalue weighted by atomic mass is 10.1. The summed E-state index contributed by atoms with van der Waals surface area (Å²) in [6.07, 6.45) is 0. The molecule has 0 unspecified atom stereocenters. The van der Waals surface area contributed by atoms with Crippen LogP contribution in [0.5, 0.6) is 0 Å². The van der Waals surface area contributed by atoms with Gasteiger partial charge in [-0.3, -0.25) is 35.3 Å². The quantitative estimate of drug-likeness (QED) is 0.357. The standard InChI is InChI=1S/C21H17ClN4O6S/c1-13-18(6-3-7-19(13)26(29)30)21(28)24-23-20(27)14-4-2-5-17(12-14)33(31,32)25-16-10-8-15(22)9-11-16/h2-12,25H,1H3,(H,23,27)(H,24,28). The Morgan fingerprint density at radius 3 is 2.24 bits per heavy atom. The molecule has 3 aromatic carbocycles. The Morgan fingerprint density at radius 1 is 0.939 bits per heavy atom. The minimum atomic E-state index is -4.00. The summed E-state index contributed by atoms with van der Waals surface area (Å²) in [5, 5.41) is 11.5. The van der Waals surface area contributed by atoms with Crippen LogP contribution in [-0.4, -0.2) is 25.2 Å². The maximum Gasteiger partial charge on any atom is 0.273 e. The average Bonchev–Trinajstić information content (AvgIpc) is 2.78. The topological polar surface area (TPSA) is 148 Å². The Bertz CT molecular complexity index is 1340. The number of carbonyl (C=O) groups is 2. The molecule has 0 heterocycles. The molecule has 0 aromatic heterocycles. The van der Waals surface area contributed by atoms with E-state index in [9.17, 15) is 28.1 Å². The van der Waals surface area contributed by atoms with Crippen molar-refractivity contribution in [1.29, 1.82) is 0 Å². The van der Waals surface area contributed by atoms with E-state index in [0.717, 1.165) is 6.07 Å². The molecule has 0 saturated carbocycles. The number of hydrazine groups is 1. The minimum Gasteiger partial charge on any atom is -0.280 e. The van der Waals surface area contributed by atoms with Gasteiger partial charge in [0.05, 0.1) is 15.4 Å². The van der Waals surface area contributed by atoms with Crippen molar-refractivity contribution in [2.45, 2.75) is 11.8 Å². The lowest BCUT2D eigenvalue weighted by molar-refractivity contribution is -0.385. The van der Waals surface area contributed by atoms with Crippen LogP contribution in [0, 0.1) is 17.0 Å². The molecule has 0 radical (unpaired) electrons. The van der Waals surface area contributed by atoms with E-state index < -0.39 is 26.8 Å². The highest BCUT2D eigenvalue weighted by Gasteiger charge is 2.20. The number of anilines is 1. The Hall–Kier alpha value is -3.96. The minimum absolute atomic E-state index is 0.00740. The molecule has 33 heavy (non-hydrogen) atoms. The third-order valence-corrected chi connectivity index (χ3v) is 6.17. The van der Waals surface area contributed by atoms with Gasteiger partial charge in [0.25, 0.3) is 27.5 Å². The fourth-order valence-electron chi connectivity index (χ4n) is 2.86. The van der Waals surface area contributed by atoms with E-state index in [-0.39, 0.29) is 33.0 Å². The van der Waals surface area contributed by atoms with Crippen LogP contribution in [0.1, 0.15) is 26.3 Å². The maximum atomic E-state index is 12.6. The zero-order valence-corrected chi connectivity index (χ0v) is 18.6. The second-order valence-electron chi connectivity index (χ2n) is 6.76. The number of nitrogens with zero attached hydrogens (tertiary/aromatic N) is 1. The fourth-order valence-corrected chi connectivity index (χ4v) is 4.09. The van der Waals surface area contributed by atoms with Crippen LogP contribution in [0.4, 0.5) is 11.4 Å². The summed E-state index contributed by atoms with van der Waals surface area (Å²) in [5.74, 6) is -1.55. The van der Waals surface area contributed by atoms with Crippen molar-refractivity contribution in [3.63, 3.8) is 0 Å². The molecule has 2 amide bonds. The predicted molar refractivity (Wildman–Crippen MR) is 121 cm³/mol. The number of benzene rings is 3. The summed E-state index contributed by atoms with van der Waals surface area (Å²) < 4.78 is 27.6. The number of amides is 2. The summed E-state index contributed by atoms with van der Waals surface area (Å²) in [5.41, 5.74) is 4.49. The van der Waals surface area contributed by atoms with Gasteiger partial charge in [0.15, 0.2) is 0 Å². The van der Waals surface area contributed by atoms with Crippen LogP contribution in [0.2, 0.25) is 5.02 Å². The first-order valence-corrected chi connectivity index (χ1v) is 11.2. The van der Waals surface area contributed by atoms with Crippen molar-refractivity contribution in [3.05, 3.63) is 98.6 Å². The highest BCUT2D eigenvalue weighted by molar-refractivity contribution is 7.92. The van der Waals surface area contributed by atoms with E-state index in [1.165, 1.54) is 67.6 Å². The number of sulfonamides is 1. The van der Waals surface area contributed by atoms with Crippen LogP contribution in [0.3, 0.4) is 0 Å². The van der Waals surface area contributed by atoms with Crippen molar-refractivity contribution in [1.82, 2.24) is 10.9 Å². The number of hydrogen-bond donors (Lipinski definition) is 3. The number of hydrogen-bond acceptors (Lipinski definition) is 6. The maximum absolute atomic E-state index is 12.6. The van der Waals surface area contributed by atoms with E-state index >= 15 is 0 Å². The second kappa shape index (κ2) is 9.67. The van der Waals surface area contributed by atoms with Gasteiger partial charge in [-0.25, -0.2) is 8.42 Å². The molecule has 0 saturated heterocycles. The molecular formula is C21H17ClN4O6S. The first-order valence-electron chi connectivity index (χ1n) is 9.31. The van der Waals surface area contributed by atoms with Crippen LogP contribution in [0.25, 0.3) is 0 Å². The van der Waals surface area contributed by atoms with E-state index in [4.69, 9.17) is 11.6 Å². The third kappa shape index (κ3) is 5.64. The molecule has 0 spiro atoms. The molecule has 0 atom stereocenters. The van der Waals surface area contributed by atoms with Gasteiger partial charge < -0.3 is 0 Å². The number of nitro benzene ring substituents is 1. The molecule has 170 valence electrons. The van der Waals surface area contributed by atoms with Gasteiger partial charge in [-0.15, -0.1) is 0 Å². The van der Waals surface area contributed by atoms with Crippen LogP contribution in [0.15, 0.2) is 71.6 Å². The molecule has 0 aliphatic heterocycles. The fraction of sp³-hybridized carbons (Fsp3) is 0.0476. The number of carbonyl (C=O) groups excluding carboxylic acids is 2. The summed E-state index contributed by atoms with van der Waals surface area (Å²) in [4.78, 5) is 35.1. The van der Waals surface area contributed by atoms with Crippen molar-refractivity contribution in [2.24, 2.45) is 0 Å². The second-order valence-corrected chi connectivity index (χ2v) is 8.87. The van der Waals surface area contributed by atoms with Gasteiger partial charge in [-0.2, -0.15) is 0 Å². The molecule has 3 rings (SSSR count). The summed E-state index contributed by atoms with van der Waals surface area (Å²) >= 11 is 5.80. The third-order valence-electron chi connectivity index (χ3n) is 4.54. The van der Waals surface area contributed by atoms with Gasteiger partial charge in [-0.1, -0.05) is 23.7 Å². The van der Waals surface area contributed by atoms with Crippen molar-refractivity contribution >= 4 is 44.8 Å². The van der Waals surface area contributed by atoms with Gasteiger partial charge >= 0.3 is 0 Å². The molecule has 10 nitrogen and oxygen atoms in total. The molecule has 0 bridgehead atoms. The smallest absolute Gasteiger partial charge is 0.273 e. The van der Waals surface area contributed by atoms with Crippen LogP contribution >= 0.6 is 11.6 Å². The van der Waals surface area contributed by atoms with E-state index in [0.29, 0.717) is 5.02 Å². The summed E-state index contributed by atoms with van der Waals surface area (Å²) in [6, 6.07) is 15.2. The van der Waals surface area contributed by atoms with Gasteiger partial charge in [0, 0.05) is 27.9 Å². The summed E-state index contributed by atoms with van der Waals surface area (Å²) in [7, 11) is -4.00. The number of halogens is 1. The van der Waals surface area contributed by atoms with Crippen LogP contribution in [-0.2, 0) is 10.0 Å². The van der Waals surface area contributed by atoms with Crippen molar-refractivity contribution < 1.29 is 22.9 Å². The molecular weight excluding hydrogens is 472 g/mol. The lowest BCUT2D eigenvalue weighted by Crippen LogP contribution is -2.42. The lowest BCUT2D eigenvalue weighted by Gasteiger charge is -2.11. The van der Waals surface area contributed by atoms with Gasteiger partial charge in [0.2, 0.25) is 0 Å². The Kier molecular flexibility index (Phi) is 6.95. The van der Waals surface area contributed by atoms with Gasteiger partial charge in [0.1, 0.15) is 0 Å². The zero-order valence-electron chi connectivity index (χ0n) is 17.0. The number of rotatable bonds is 6. The first kappa shape index (κ1) is 23.7. The Balaban J connectivity index is 1.72. The molecule has 0 aliphatic carbocycles. The number of nitrogens with one attached hydrogen (secondary N) is 3. The van der Waals surface area contributed by atoms with Crippen molar-refractivity contribution in [2.75, 3.05) is 4.72 Å². The van der Waals surface area contributed by atoms with E-state index in [2.05, 4.69) is 15.6 Å². The Morgan fingerprint density at radius 2 is 1.58 bits per heavy atom. The van der Waals surface area contributed by atoms with Crippen molar-refractivity contribution in [3.8, 4) is 0 Å². The van der Waals surface area contributed by atoms with Crippen LogP contribution < -0.4 is 15.6 Å². The molecule has 12 heteroatoms. The molecule has 0 fully saturated rings. The van der Waals surface area contributed by atoms with E-state index in [1.54, 1.807) is 0 Å². The predicted octanol–water partition coefficient (Wildman–Crippen LogP) is 3.43. The monoisotopic (exact) mass is 488 g/mol. The highest BCUT2D eigenvalue weighted by atomic mass is 35.5. The summed E-state index contributed by atoms with van der Waals surface area (Å²) in [6.45, 7) is 1.41. The molecule has 3 N–H and O–H groups in total. The highest BCUT2D eigenvalue weighted by Crippen LogP contribution is 2.21. The zero-order chi connectivity index (χ0) is 24.2.